The number of nitrogens with one attached hydrogen (secondary N) is 2. The number of halogens is 4. The molecule has 8 heteroatoms. The van der Waals surface area contributed by atoms with Crippen LogP contribution in [0.5, 0.6) is 0 Å². The Bertz CT molecular complexity index is 680. The van der Waals surface area contributed by atoms with Crippen LogP contribution in [0, 0.1) is 5.82 Å². The van der Waals surface area contributed by atoms with Gasteiger partial charge in [-0.3, -0.25) is 4.99 Å². The van der Waals surface area contributed by atoms with Gasteiger partial charge in [0.25, 0.3) is 0 Å². The monoisotopic (exact) mass is 482 g/mol. The van der Waals surface area contributed by atoms with E-state index < -0.39 is 5.82 Å². The molecule has 24 heavy (non-hydrogen) atoms. The van der Waals surface area contributed by atoms with Gasteiger partial charge in [-0.05, 0) is 35.7 Å². The number of nitrogens with zero attached hydrogens (tertiary/aromatic N) is 2. The highest BCUT2D eigenvalue weighted by Gasteiger charge is 2.03. The molecule has 2 rings (SSSR count). The lowest BCUT2D eigenvalue weighted by atomic mass is 10.2. The van der Waals surface area contributed by atoms with E-state index in [9.17, 15) is 4.39 Å². The van der Waals surface area contributed by atoms with Crippen LogP contribution in [0.2, 0.25) is 10.2 Å². The molecule has 2 aromatic rings. The average Bonchev–Trinajstić information content (AvgIpc) is 2.55. The lowest BCUT2D eigenvalue weighted by Gasteiger charge is -2.12. The number of aromatic nitrogens is 1. The van der Waals surface area contributed by atoms with Crippen LogP contribution >= 0.6 is 47.2 Å². The highest BCUT2D eigenvalue weighted by atomic mass is 127. The third kappa shape index (κ3) is 6.78. The van der Waals surface area contributed by atoms with Gasteiger partial charge in [0.05, 0.1) is 5.02 Å². The van der Waals surface area contributed by atoms with E-state index in [1.54, 1.807) is 31.4 Å². The summed E-state index contributed by atoms with van der Waals surface area (Å²) in [6.45, 7) is 1.20. The van der Waals surface area contributed by atoms with E-state index in [2.05, 4.69) is 20.6 Å². The molecule has 4 nitrogen and oxygen atoms in total. The van der Waals surface area contributed by atoms with E-state index in [0.717, 1.165) is 17.5 Å². The van der Waals surface area contributed by atoms with Gasteiger partial charge in [0, 0.05) is 26.3 Å². The molecule has 0 saturated heterocycles. The summed E-state index contributed by atoms with van der Waals surface area (Å²) < 4.78 is 13.1. The number of guanidine groups is 1. The van der Waals surface area contributed by atoms with Gasteiger partial charge in [0.1, 0.15) is 11.0 Å². The van der Waals surface area contributed by atoms with Crippen LogP contribution < -0.4 is 10.6 Å². The van der Waals surface area contributed by atoms with Crippen LogP contribution in [0.1, 0.15) is 11.1 Å². The van der Waals surface area contributed by atoms with Crippen molar-refractivity contribution in [2.45, 2.75) is 13.0 Å². The van der Waals surface area contributed by atoms with Crippen LogP contribution in [0.3, 0.4) is 0 Å². The summed E-state index contributed by atoms with van der Waals surface area (Å²) in [5, 5.41) is 6.95. The van der Waals surface area contributed by atoms with Crippen molar-refractivity contribution in [1.82, 2.24) is 15.6 Å². The minimum absolute atomic E-state index is 0. The van der Waals surface area contributed by atoms with Crippen LogP contribution in [0.15, 0.2) is 41.5 Å². The second-order valence-electron chi connectivity index (χ2n) is 4.84. The molecule has 0 aliphatic rings. The van der Waals surface area contributed by atoms with Crippen LogP contribution in [0.4, 0.5) is 4.39 Å². The second kappa shape index (κ2) is 10.7. The summed E-state index contributed by atoms with van der Waals surface area (Å²) in [5.41, 5.74) is 1.96. The quantitative estimate of drug-likeness (QED) is 0.292. The molecule has 0 bridgehead atoms. The van der Waals surface area contributed by atoms with Crippen molar-refractivity contribution in [2.75, 3.05) is 13.6 Å². The Hall–Kier alpha value is -1.12. The van der Waals surface area contributed by atoms with E-state index in [4.69, 9.17) is 23.2 Å². The third-order valence-corrected chi connectivity index (χ3v) is 3.68. The number of aliphatic imine (C=N–C) groups is 1. The number of hydrogen-bond acceptors (Lipinski definition) is 2. The highest BCUT2D eigenvalue weighted by molar-refractivity contribution is 14.0. The summed E-state index contributed by atoms with van der Waals surface area (Å²) in [6, 6.07) is 8.33. The Balaban J connectivity index is 0.00000288. The summed E-state index contributed by atoms with van der Waals surface area (Å²) in [6.07, 6.45) is 2.55. The van der Waals surface area contributed by atoms with E-state index in [1.165, 1.54) is 6.07 Å². The molecule has 0 fully saturated rings. The summed E-state index contributed by atoms with van der Waals surface area (Å²) in [5.74, 6) is 0.238. The molecular formula is C16H18Cl2FIN4. The smallest absolute Gasteiger partial charge is 0.191 e. The third-order valence-electron chi connectivity index (χ3n) is 3.16. The molecule has 2 N–H and O–H groups in total. The van der Waals surface area contributed by atoms with Gasteiger partial charge >= 0.3 is 0 Å². The SMILES string of the molecule is CN=C(NCCc1ccc(Cl)nc1)NCc1ccc(F)c(Cl)c1.I. The molecule has 0 saturated carbocycles. The molecule has 1 heterocycles. The lowest BCUT2D eigenvalue weighted by Crippen LogP contribution is -2.37. The average molecular weight is 483 g/mol. The zero-order valence-electron chi connectivity index (χ0n) is 13.0. The summed E-state index contributed by atoms with van der Waals surface area (Å²) >= 11 is 11.5. The fourth-order valence-electron chi connectivity index (χ4n) is 1.94. The fourth-order valence-corrected chi connectivity index (χ4v) is 2.25. The Morgan fingerprint density at radius 1 is 1.17 bits per heavy atom. The van der Waals surface area contributed by atoms with E-state index >= 15 is 0 Å². The van der Waals surface area contributed by atoms with E-state index in [-0.39, 0.29) is 29.0 Å². The zero-order chi connectivity index (χ0) is 16.7. The van der Waals surface area contributed by atoms with Gasteiger partial charge in [-0.25, -0.2) is 9.37 Å². The molecule has 0 radical (unpaired) electrons. The maximum Gasteiger partial charge on any atom is 0.191 e. The summed E-state index contributed by atoms with van der Waals surface area (Å²) in [7, 11) is 1.69. The van der Waals surface area contributed by atoms with Crippen LogP contribution in [-0.2, 0) is 13.0 Å². The van der Waals surface area contributed by atoms with Crippen molar-refractivity contribution in [3.63, 3.8) is 0 Å². The van der Waals surface area contributed by atoms with E-state index in [0.29, 0.717) is 24.2 Å². The molecule has 0 amide bonds. The predicted molar refractivity (Wildman–Crippen MR) is 108 cm³/mol. The normalized spacial score (nSPS) is 10.9. The first kappa shape index (κ1) is 20.9. The number of pyridine rings is 1. The Morgan fingerprint density at radius 3 is 2.54 bits per heavy atom. The molecule has 1 aromatic carbocycles. The van der Waals surface area contributed by atoms with Crippen molar-refractivity contribution in [1.29, 1.82) is 0 Å². The Labute approximate surface area is 167 Å². The maximum absolute atomic E-state index is 13.1. The second-order valence-corrected chi connectivity index (χ2v) is 5.63. The molecular weight excluding hydrogens is 465 g/mol. The van der Waals surface area contributed by atoms with Gasteiger partial charge in [-0.15, -0.1) is 24.0 Å². The fraction of sp³-hybridized carbons (Fsp3) is 0.250. The Morgan fingerprint density at radius 2 is 1.92 bits per heavy atom. The van der Waals surface area contributed by atoms with Crippen molar-refractivity contribution >= 4 is 53.1 Å². The first-order valence-corrected chi connectivity index (χ1v) is 7.83. The van der Waals surface area contributed by atoms with Crippen molar-refractivity contribution in [3.8, 4) is 0 Å². The molecule has 1 aromatic heterocycles. The number of benzene rings is 1. The largest absolute Gasteiger partial charge is 0.356 e. The number of hydrogen-bond donors (Lipinski definition) is 2. The predicted octanol–water partition coefficient (Wildman–Crippen LogP) is 4.05. The van der Waals surface area contributed by atoms with Crippen molar-refractivity contribution in [3.05, 3.63) is 63.6 Å². The minimum Gasteiger partial charge on any atom is -0.356 e. The standard InChI is InChI=1S/C16H17Cl2FN4.HI/c1-20-16(21-7-6-11-3-5-15(18)22-9-11)23-10-12-2-4-14(19)13(17)8-12;/h2-5,8-9H,6-7,10H2,1H3,(H2,20,21,23);1H. The van der Waals surface area contributed by atoms with Gasteiger partial charge in [-0.2, -0.15) is 0 Å². The van der Waals surface area contributed by atoms with Gasteiger partial charge in [-0.1, -0.05) is 35.3 Å². The molecule has 0 unspecified atom stereocenters. The topological polar surface area (TPSA) is 49.3 Å². The molecule has 0 aliphatic heterocycles. The zero-order valence-corrected chi connectivity index (χ0v) is 16.9. The van der Waals surface area contributed by atoms with Crippen molar-refractivity contribution in [2.24, 2.45) is 4.99 Å². The van der Waals surface area contributed by atoms with Gasteiger partial charge < -0.3 is 10.6 Å². The lowest BCUT2D eigenvalue weighted by molar-refractivity contribution is 0.627. The molecule has 130 valence electrons. The van der Waals surface area contributed by atoms with Gasteiger partial charge in [0.2, 0.25) is 0 Å². The first-order valence-electron chi connectivity index (χ1n) is 7.07. The van der Waals surface area contributed by atoms with Crippen molar-refractivity contribution < 1.29 is 4.39 Å². The summed E-state index contributed by atoms with van der Waals surface area (Å²) in [4.78, 5) is 8.18. The first-order chi connectivity index (χ1) is 11.1. The molecule has 0 atom stereocenters. The van der Waals surface area contributed by atoms with Gasteiger partial charge in [0.15, 0.2) is 5.96 Å². The minimum atomic E-state index is -0.422. The number of rotatable bonds is 5. The van der Waals surface area contributed by atoms with Crippen LogP contribution in [-0.4, -0.2) is 24.5 Å². The molecule has 0 spiro atoms. The molecule has 0 aliphatic carbocycles. The van der Waals surface area contributed by atoms with E-state index in [1.807, 2.05) is 6.07 Å². The van der Waals surface area contributed by atoms with Crippen LogP contribution in [0.25, 0.3) is 0 Å². The Kier molecular flexibility index (Phi) is 9.31. The maximum atomic E-state index is 13.1. The highest BCUT2D eigenvalue weighted by Crippen LogP contribution is 2.15.